The average Bonchev–Trinajstić information content (AvgIpc) is 2.88. The van der Waals surface area contributed by atoms with E-state index in [2.05, 4.69) is 24.5 Å². The third kappa shape index (κ3) is 4.01. The summed E-state index contributed by atoms with van der Waals surface area (Å²) in [6.07, 6.45) is 1.71. The number of benzene rings is 1. The lowest BCUT2D eigenvalue weighted by molar-refractivity contribution is -0.127. The van der Waals surface area contributed by atoms with E-state index in [1.807, 2.05) is 31.2 Å². The van der Waals surface area contributed by atoms with Crippen LogP contribution in [0.3, 0.4) is 0 Å². The van der Waals surface area contributed by atoms with E-state index in [0.29, 0.717) is 24.3 Å². The highest BCUT2D eigenvalue weighted by Gasteiger charge is 2.35. The van der Waals surface area contributed by atoms with Crippen molar-refractivity contribution in [2.45, 2.75) is 51.6 Å². The van der Waals surface area contributed by atoms with Crippen LogP contribution in [0.2, 0.25) is 5.02 Å². The molecule has 1 fully saturated rings. The van der Waals surface area contributed by atoms with Crippen molar-refractivity contribution < 1.29 is 9.59 Å². The molecule has 0 radical (unpaired) electrons. The van der Waals surface area contributed by atoms with Gasteiger partial charge in [0.2, 0.25) is 11.8 Å². The van der Waals surface area contributed by atoms with E-state index >= 15 is 0 Å². The number of rotatable bonds is 5. The van der Waals surface area contributed by atoms with Crippen molar-refractivity contribution in [2.75, 3.05) is 0 Å². The maximum atomic E-state index is 12.4. The maximum absolute atomic E-state index is 12.4. The predicted octanol–water partition coefficient (Wildman–Crippen LogP) is 2.69. The van der Waals surface area contributed by atoms with Crippen molar-refractivity contribution in [1.29, 1.82) is 0 Å². The molecule has 0 spiro atoms. The number of hydrogen-bond donors (Lipinski definition) is 2. The van der Waals surface area contributed by atoms with E-state index in [0.717, 1.165) is 5.56 Å². The first-order valence-corrected chi connectivity index (χ1v) is 8.04. The number of hydrogen-bond acceptors (Lipinski definition) is 2. The Bertz CT molecular complexity index is 556. The quantitative estimate of drug-likeness (QED) is 0.875. The molecule has 0 aromatic heterocycles. The Kier molecular flexibility index (Phi) is 5.12. The first-order chi connectivity index (χ1) is 10.3. The molecule has 2 rings (SSSR count). The zero-order valence-corrected chi connectivity index (χ0v) is 14.0. The highest BCUT2D eigenvalue weighted by molar-refractivity contribution is 6.30. The van der Waals surface area contributed by atoms with Gasteiger partial charge in [-0.1, -0.05) is 37.6 Å². The average molecular weight is 323 g/mol. The van der Waals surface area contributed by atoms with E-state index in [4.69, 9.17) is 11.6 Å². The van der Waals surface area contributed by atoms with Gasteiger partial charge in [0.15, 0.2) is 0 Å². The van der Waals surface area contributed by atoms with Crippen LogP contribution in [0.15, 0.2) is 24.3 Å². The fraction of sp³-hybridized carbons (Fsp3) is 0.529. The van der Waals surface area contributed by atoms with Gasteiger partial charge in [-0.25, -0.2) is 0 Å². The fourth-order valence-electron chi connectivity index (χ4n) is 2.60. The van der Waals surface area contributed by atoms with E-state index in [1.165, 1.54) is 0 Å². The molecule has 4 nitrogen and oxygen atoms in total. The largest absolute Gasteiger partial charge is 0.349 e. The van der Waals surface area contributed by atoms with Gasteiger partial charge >= 0.3 is 0 Å². The van der Waals surface area contributed by atoms with Gasteiger partial charge < -0.3 is 10.6 Å². The molecule has 1 aromatic carbocycles. The monoisotopic (exact) mass is 322 g/mol. The summed E-state index contributed by atoms with van der Waals surface area (Å²) in [7, 11) is 0. The van der Waals surface area contributed by atoms with Gasteiger partial charge in [0.1, 0.15) is 6.04 Å². The minimum absolute atomic E-state index is 0.0518. The molecule has 0 unspecified atom stereocenters. The molecular weight excluding hydrogens is 300 g/mol. The molecule has 1 aliphatic heterocycles. The zero-order valence-electron chi connectivity index (χ0n) is 13.3. The highest BCUT2D eigenvalue weighted by Crippen LogP contribution is 2.24. The molecular formula is C17H23ClN2O2. The Morgan fingerprint density at radius 1 is 1.41 bits per heavy atom. The molecule has 0 saturated carbocycles. The standard InChI is InChI=1S/C17H23ClN2O2/c1-11(2)17(3,10-12-4-6-13(18)7-5-12)20-16(22)14-8-9-15(21)19-14/h4-7,11,14H,8-10H2,1-3H3,(H,19,21)(H,20,22)/t14-,17-/m0/s1. The lowest BCUT2D eigenvalue weighted by atomic mass is 9.82. The van der Waals surface area contributed by atoms with Crippen LogP contribution in [0, 0.1) is 5.92 Å². The first kappa shape index (κ1) is 16.8. The second-order valence-corrected chi connectivity index (χ2v) is 6.96. The normalized spacial score (nSPS) is 20.6. The first-order valence-electron chi connectivity index (χ1n) is 7.66. The summed E-state index contributed by atoms with van der Waals surface area (Å²) >= 11 is 5.92. The zero-order chi connectivity index (χ0) is 16.3. The fourth-order valence-corrected chi connectivity index (χ4v) is 2.72. The Morgan fingerprint density at radius 2 is 2.05 bits per heavy atom. The van der Waals surface area contributed by atoms with Gasteiger partial charge in [0.05, 0.1) is 0 Å². The van der Waals surface area contributed by atoms with Crippen LogP contribution >= 0.6 is 11.6 Å². The number of halogens is 1. The summed E-state index contributed by atoms with van der Waals surface area (Å²) in [5.74, 6) is 0.101. The van der Waals surface area contributed by atoms with Crippen LogP contribution in [0.1, 0.15) is 39.2 Å². The lowest BCUT2D eigenvalue weighted by Crippen LogP contribution is -2.56. The maximum Gasteiger partial charge on any atom is 0.243 e. The Hall–Kier alpha value is -1.55. The van der Waals surface area contributed by atoms with Gasteiger partial charge in [-0.2, -0.15) is 0 Å². The van der Waals surface area contributed by atoms with Crippen LogP contribution in [0.25, 0.3) is 0 Å². The Labute approximate surface area is 136 Å². The Balaban J connectivity index is 2.08. The molecule has 0 bridgehead atoms. The van der Waals surface area contributed by atoms with Crippen LogP contribution in [0.4, 0.5) is 0 Å². The van der Waals surface area contributed by atoms with Crippen LogP contribution in [-0.2, 0) is 16.0 Å². The molecule has 2 amide bonds. The van der Waals surface area contributed by atoms with E-state index in [-0.39, 0.29) is 23.3 Å². The second kappa shape index (κ2) is 6.69. The summed E-state index contributed by atoms with van der Waals surface area (Å²) in [4.78, 5) is 23.7. The van der Waals surface area contributed by atoms with Crippen LogP contribution in [-0.4, -0.2) is 23.4 Å². The van der Waals surface area contributed by atoms with Crippen molar-refractivity contribution in [3.05, 3.63) is 34.9 Å². The van der Waals surface area contributed by atoms with E-state index < -0.39 is 6.04 Å². The minimum Gasteiger partial charge on any atom is -0.349 e. The van der Waals surface area contributed by atoms with Gasteiger partial charge in [-0.3, -0.25) is 9.59 Å². The van der Waals surface area contributed by atoms with Gasteiger partial charge in [0.25, 0.3) is 0 Å². The topological polar surface area (TPSA) is 58.2 Å². The SMILES string of the molecule is CC(C)[C@](C)(Cc1ccc(Cl)cc1)NC(=O)[C@@H]1CCC(=O)N1. The van der Waals surface area contributed by atoms with E-state index in [9.17, 15) is 9.59 Å². The van der Waals surface area contributed by atoms with Gasteiger partial charge in [-0.05, 0) is 43.4 Å². The summed E-state index contributed by atoms with van der Waals surface area (Å²) in [5.41, 5.74) is 0.745. The third-order valence-electron chi connectivity index (χ3n) is 4.48. The number of carbonyl (C=O) groups excluding carboxylic acids is 2. The van der Waals surface area contributed by atoms with Crippen molar-refractivity contribution >= 4 is 23.4 Å². The minimum atomic E-state index is -0.407. The van der Waals surface area contributed by atoms with Crippen LogP contribution in [0.5, 0.6) is 0 Å². The summed E-state index contributed by atoms with van der Waals surface area (Å²) in [5, 5.41) is 6.55. The molecule has 1 heterocycles. The molecule has 120 valence electrons. The van der Waals surface area contributed by atoms with Crippen molar-refractivity contribution in [2.24, 2.45) is 5.92 Å². The Morgan fingerprint density at radius 3 is 2.55 bits per heavy atom. The molecule has 0 aliphatic carbocycles. The van der Waals surface area contributed by atoms with Gasteiger partial charge in [0, 0.05) is 17.0 Å². The van der Waals surface area contributed by atoms with Crippen molar-refractivity contribution in [3.63, 3.8) is 0 Å². The van der Waals surface area contributed by atoms with Crippen molar-refractivity contribution in [3.8, 4) is 0 Å². The smallest absolute Gasteiger partial charge is 0.243 e. The molecule has 2 N–H and O–H groups in total. The predicted molar refractivity (Wildman–Crippen MR) is 87.7 cm³/mol. The molecule has 1 aromatic rings. The molecule has 2 atom stereocenters. The summed E-state index contributed by atoms with van der Waals surface area (Å²) in [6.45, 7) is 6.22. The highest BCUT2D eigenvalue weighted by atomic mass is 35.5. The van der Waals surface area contributed by atoms with E-state index in [1.54, 1.807) is 0 Å². The van der Waals surface area contributed by atoms with Gasteiger partial charge in [-0.15, -0.1) is 0 Å². The third-order valence-corrected chi connectivity index (χ3v) is 4.73. The lowest BCUT2D eigenvalue weighted by Gasteiger charge is -2.36. The number of carbonyl (C=O) groups is 2. The molecule has 5 heteroatoms. The molecule has 1 saturated heterocycles. The van der Waals surface area contributed by atoms with Crippen molar-refractivity contribution in [1.82, 2.24) is 10.6 Å². The molecule has 22 heavy (non-hydrogen) atoms. The number of amides is 2. The number of nitrogens with one attached hydrogen (secondary N) is 2. The summed E-state index contributed by atoms with van der Waals surface area (Å²) < 4.78 is 0. The van der Waals surface area contributed by atoms with Crippen LogP contribution < -0.4 is 10.6 Å². The summed E-state index contributed by atoms with van der Waals surface area (Å²) in [6, 6.07) is 7.27. The second-order valence-electron chi connectivity index (χ2n) is 6.52. The molecule has 1 aliphatic rings.